The summed E-state index contributed by atoms with van der Waals surface area (Å²) in [6.45, 7) is 8.76. The minimum absolute atomic E-state index is 0.0343. The molecule has 4 aliphatic rings. The Morgan fingerprint density at radius 2 is 1.73 bits per heavy atom. The monoisotopic (exact) mass is 523 g/mol. The Bertz CT molecular complexity index is 1120. The van der Waals surface area contributed by atoms with Crippen LogP contribution >= 0.6 is 11.8 Å². The molecule has 198 valence electrons. The molecule has 1 spiro atoms. The quantitative estimate of drug-likeness (QED) is 0.580. The van der Waals surface area contributed by atoms with Gasteiger partial charge in [0.25, 0.3) is 0 Å². The lowest BCUT2D eigenvalue weighted by Crippen LogP contribution is -2.57. The zero-order valence-corrected chi connectivity index (χ0v) is 22.8. The lowest BCUT2D eigenvalue weighted by atomic mass is 9.78. The molecule has 1 aromatic rings. The van der Waals surface area contributed by atoms with Crippen molar-refractivity contribution in [1.82, 2.24) is 9.80 Å². The Balaban J connectivity index is 1.63. The summed E-state index contributed by atoms with van der Waals surface area (Å²) in [6.07, 6.45) is 8.69. The fourth-order valence-electron chi connectivity index (χ4n) is 6.61. The number of amides is 3. The molecule has 0 bridgehead atoms. The fourth-order valence-corrected chi connectivity index (χ4v) is 8.61. The topological polar surface area (TPSA) is 81.2 Å². The first-order valence-corrected chi connectivity index (χ1v) is 14.2. The van der Waals surface area contributed by atoms with E-state index in [1.807, 2.05) is 67.3 Å². The van der Waals surface area contributed by atoms with Gasteiger partial charge >= 0.3 is 0 Å². The molecule has 8 heteroatoms. The van der Waals surface area contributed by atoms with Gasteiger partial charge in [-0.25, -0.2) is 0 Å². The molecule has 4 aliphatic heterocycles. The van der Waals surface area contributed by atoms with E-state index in [0.717, 1.165) is 5.69 Å². The Hall–Kier alpha value is -2.58. The van der Waals surface area contributed by atoms with Crippen LogP contribution in [0.2, 0.25) is 0 Å². The first kappa shape index (κ1) is 26.0. The number of hydrogen-bond acceptors (Lipinski definition) is 5. The van der Waals surface area contributed by atoms with Crippen LogP contribution in [0.25, 0.3) is 0 Å². The summed E-state index contributed by atoms with van der Waals surface area (Å²) in [5, 5.41) is 10.2. The number of aliphatic hydroxyl groups is 1. The minimum atomic E-state index is -0.864. The highest BCUT2D eigenvalue weighted by Gasteiger charge is 2.71. The van der Waals surface area contributed by atoms with Gasteiger partial charge in [0.15, 0.2) is 0 Å². The highest BCUT2D eigenvalue weighted by Crippen LogP contribution is 2.61. The number of para-hydroxylation sites is 1. The summed E-state index contributed by atoms with van der Waals surface area (Å²) >= 11 is 1.58. The summed E-state index contributed by atoms with van der Waals surface area (Å²) in [7, 11) is 0. The summed E-state index contributed by atoms with van der Waals surface area (Å²) in [6, 6.07) is 8.28. The van der Waals surface area contributed by atoms with Gasteiger partial charge in [-0.3, -0.25) is 14.4 Å². The first-order valence-electron chi connectivity index (χ1n) is 13.3. The summed E-state index contributed by atoms with van der Waals surface area (Å²) in [5.41, 5.74) is 0.800. The lowest BCUT2D eigenvalue weighted by Gasteiger charge is -2.39. The van der Waals surface area contributed by atoms with E-state index in [-0.39, 0.29) is 41.5 Å². The van der Waals surface area contributed by atoms with E-state index >= 15 is 0 Å². The van der Waals surface area contributed by atoms with Crippen LogP contribution in [0, 0.1) is 17.8 Å². The predicted octanol–water partition coefficient (Wildman–Crippen LogP) is 3.10. The molecule has 5 rings (SSSR count). The SMILES string of the molecule is CC(C)C[C@H](CO)N1C(=O)[C@@H]2[C@H]3C(=O)N(c4ccccc4)CC=C[C@H]3S[C@@]23C=CCN(C(C)C)C(=O)C13. The van der Waals surface area contributed by atoms with Crippen molar-refractivity contribution in [3.8, 4) is 0 Å². The Morgan fingerprint density at radius 3 is 2.38 bits per heavy atom. The fraction of sp³-hybridized carbons (Fsp3) is 0.552. The van der Waals surface area contributed by atoms with Crippen LogP contribution in [0.3, 0.4) is 0 Å². The van der Waals surface area contributed by atoms with E-state index in [2.05, 4.69) is 19.9 Å². The van der Waals surface area contributed by atoms with E-state index in [0.29, 0.717) is 19.5 Å². The maximum atomic E-state index is 14.4. The molecular weight excluding hydrogens is 486 g/mol. The van der Waals surface area contributed by atoms with Gasteiger partial charge in [0, 0.05) is 30.1 Å². The van der Waals surface area contributed by atoms with E-state index in [1.165, 1.54) is 0 Å². The van der Waals surface area contributed by atoms with Crippen LogP contribution in [-0.2, 0) is 14.4 Å². The number of rotatable bonds is 6. The van der Waals surface area contributed by atoms with Gasteiger partial charge < -0.3 is 19.8 Å². The number of nitrogens with zero attached hydrogens (tertiary/aromatic N) is 3. The van der Waals surface area contributed by atoms with Gasteiger partial charge in [-0.2, -0.15) is 0 Å². The van der Waals surface area contributed by atoms with E-state index in [1.54, 1.807) is 21.6 Å². The minimum Gasteiger partial charge on any atom is -0.394 e. The van der Waals surface area contributed by atoms with Gasteiger partial charge in [0.05, 0.1) is 29.2 Å². The average molecular weight is 524 g/mol. The van der Waals surface area contributed by atoms with Crippen LogP contribution < -0.4 is 4.90 Å². The third-order valence-electron chi connectivity index (χ3n) is 8.17. The maximum Gasteiger partial charge on any atom is 0.247 e. The molecule has 7 nitrogen and oxygen atoms in total. The molecular formula is C29H37N3O4S. The van der Waals surface area contributed by atoms with E-state index in [4.69, 9.17) is 0 Å². The second-order valence-corrected chi connectivity index (χ2v) is 12.7. The highest BCUT2D eigenvalue weighted by atomic mass is 32.2. The van der Waals surface area contributed by atoms with Crippen molar-refractivity contribution in [2.24, 2.45) is 17.8 Å². The van der Waals surface area contributed by atoms with Crippen molar-refractivity contribution in [1.29, 1.82) is 0 Å². The average Bonchev–Trinajstić information content (AvgIpc) is 3.18. The van der Waals surface area contributed by atoms with Gasteiger partial charge in [-0.05, 0) is 38.3 Å². The molecule has 2 fully saturated rings. The van der Waals surface area contributed by atoms with E-state index in [9.17, 15) is 19.5 Å². The number of benzene rings is 1. The van der Waals surface area contributed by atoms with Crippen molar-refractivity contribution in [3.63, 3.8) is 0 Å². The van der Waals surface area contributed by atoms with Gasteiger partial charge in [-0.1, -0.05) is 56.4 Å². The van der Waals surface area contributed by atoms with Crippen molar-refractivity contribution >= 4 is 35.2 Å². The molecule has 2 saturated heterocycles. The molecule has 4 heterocycles. The number of anilines is 1. The number of carbonyl (C=O) groups is 3. The summed E-state index contributed by atoms with van der Waals surface area (Å²) < 4.78 is -0.864. The van der Waals surface area contributed by atoms with E-state index < -0.39 is 28.7 Å². The van der Waals surface area contributed by atoms with Crippen molar-refractivity contribution in [2.45, 2.75) is 62.2 Å². The molecule has 37 heavy (non-hydrogen) atoms. The molecule has 3 amide bonds. The van der Waals surface area contributed by atoms with Crippen molar-refractivity contribution < 1.29 is 19.5 Å². The number of likely N-dealkylation sites (tertiary alicyclic amines) is 1. The standard InChI is InChI=1S/C29H37N3O4S/c1-18(2)16-21(17-33)32-25-28(36)30(19(3)4)15-9-13-29(25)24(27(32)35)23-22(37-29)12-8-14-31(26(23)34)20-10-6-5-7-11-20/h5-13,18-19,21-25,33H,14-17H2,1-4H3/t21-,22-,23+,24+,25?,29+/m1/s1. The van der Waals surface area contributed by atoms with Crippen molar-refractivity contribution in [2.75, 3.05) is 24.6 Å². The number of hydrogen-bond donors (Lipinski definition) is 1. The van der Waals surface area contributed by atoms with Gasteiger partial charge in [0.1, 0.15) is 6.04 Å². The molecule has 1 N–H and O–H groups in total. The van der Waals surface area contributed by atoms with Crippen LogP contribution in [0.15, 0.2) is 54.6 Å². The van der Waals surface area contributed by atoms with Gasteiger partial charge in [0.2, 0.25) is 17.7 Å². The van der Waals surface area contributed by atoms with Crippen molar-refractivity contribution in [3.05, 3.63) is 54.6 Å². The first-order chi connectivity index (χ1) is 17.7. The number of fused-ring (bicyclic) bond motifs is 2. The van der Waals surface area contributed by atoms with Crippen LogP contribution in [-0.4, -0.2) is 80.4 Å². The van der Waals surface area contributed by atoms with Gasteiger partial charge in [-0.15, -0.1) is 11.8 Å². The Kier molecular flexibility index (Phi) is 7.00. The zero-order chi connectivity index (χ0) is 26.5. The summed E-state index contributed by atoms with van der Waals surface area (Å²) in [5.74, 6) is -1.41. The number of thioether (sulfide) groups is 1. The molecule has 0 saturated carbocycles. The lowest BCUT2D eigenvalue weighted by molar-refractivity contribution is -0.146. The third-order valence-corrected chi connectivity index (χ3v) is 9.91. The number of carbonyl (C=O) groups excluding carboxylic acids is 3. The molecule has 1 unspecified atom stereocenters. The molecule has 0 aromatic heterocycles. The third kappa shape index (κ3) is 4.13. The van der Waals surface area contributed by atoms with Crippen LogP contribution in [0.5, 0.6) is 0 Å². The second kappa shape index (κ2) is 9.95. The largest absolute Gasteiger partial charge is 0.394 e. The normalized spacial score (nSPS) is 32.1. The zero-order valence-electron chi connectivity index (χ0n) is 22.0. The molecule has 0 aliphatic carbocycles. The predicted molar refractivity (Wildman–Crippen MR) is 146 cm³/mol. The Morgan fingerprint density at radius 1 is 1.00 bits per heavy atom. The smallest absolute Gasteiger partial charge is 0.247 e. The van der Waals surface area contributed by atoms with Crippen LogP contribution in [0.4, 0.5) is 5.69 Å². The second-order valence-electron chi connectivity index (χ2n) is 11.3. The summed E-state index contributed by atoms with van der Waals surface area (Å²) in [4.78, 5) is 48.0. The van der Waals surface area contributed by atoms with Crippen LogP contribution in [0.1, 0.15) is 34.1 Å². The maximum absolute atomic E-state index is 14.4. The molecule has 1 aromatic carbocycles. The molecule has 6 atom stereocenters. The number of aliphatic hydroxyl groups excluding tert-OH is 1. The highest BCUT2D eigenvalue weighted by molar-refractivity contribution is 8.02. The molecule has 0 radical (unpaired) electrons. The Labute approximate surface area is 223 Å².